The van der Waals surface area contributed by atoms with Gasteiger partial charge in [0.15, 0.2) is 0 Å². The van der Waals surface area contributed by atoms with Crippen molar-refractivity contribution in [1.29, 1.82) is 0 Å². The largest absolute Gasteiger partial charge is 0.490 e. The lowest BCUT2D eigenvalue weighted by atomic mass is 10.1. The Kier molecular flexibility index (Phi) is 2.25. The monoisotopic (exact) mass is 219 g/mol. The summed E-state index contributed by atoms with van der Waals surface area (Å²) >= 11 is 0. The predicted molar refractivity (Wildman–Crippen MR) is 57.4 cm³/mol. The van der Waals surface area contributed by atoms with Crippen LogP contribution in [0.15, 0.2) is 18.5 Å². The number of pyridine rings is 1. The summed E-state index contributed by atoms with van der Waals surface area (Å²) in [6, 6.07) is 1.88. The van der Waals surface area contributed by atoms with E-state index in [-0.39, 0.29) is 11.9 Å². The van der Waals surface area contributed by atoms with Gasteiger partial charge < -0.3 is 15.0 Å². The van der Waals surface area contributed by atoms with Crippen LogP contribution >= 0.6 is 0 Å². The Hall–Kier alpha value is -1.62. The molecule has 0 radical (unpaired) electrons. The minimum absolute atomic E-state index is 0.0344. The molecular formula is C11H13N3O2. The van der Waals surface area contributed by atoms with Crippen molar-refractivity contribution in [3.05, 3.63) is 24.0 Å². The Morgan fingerprint density at radius 3 is 3.44 bits per heavy atom. The van der Waals surface area contributed by atoms with E-state index in [0.29, 0.717) is 17.9 Å². The zero-order chi connectivity index (χ0) is 11.0. The minimum Gasteiger partial charge on any atom is -0.490 e. The molecule has 2 aliphatic rings. The second kappa shape index (κ2) is 3.75. The summed E-state index contributed by atoms with van der Waals surface area (Å²) in [5.41, 5.74) is 0.576. The second-order valence-corrected chi connectivity index (χ2v) is 4.04. The van der Waals surface area contributed by atoms with Gasteiger partial charge in [-0.15, -0.1) is 0 Å². The van der Waals surface area contributed by atoms with Crippen LogP contribution in [-0.4, -0.2) is 48.1 Å². The van der Waals surface area contributed by atoms with E-state index < -0.39 is 0 Å². The fraction of sp³-hybridized carbons (Fsp3) is 0.455. The van der Waals surface area contributed by atoms with E-state index in [0.717, 1.165) is 19.6 Å². The van der Waals surface area contributed by atoms with Gasteiger partial charge >= 0.3 is 0 Å². The van der Waals surface area contributed by atoms with E-state index in [4.69, 9.17) is 4.74 Å². The summed E-state index contributed by atoms with van der Waals surface area (Å²) < 4.78 is 5.65. The zero-order valence-corrected chi connectivity index (χ0v) is 8.85. The fourth-order valence-electron chi connectivity index (χ4n) is 2.19. The average Bonchev–Trinajstić information content (AvgIpc) is 2.49. The number of piperazine rings is 1. The van der Waals surface area contributed by atoms with Crippen molar-refractivity contribution >= 4 is 5.91 Å². The van der Waals surface area contributed by atoms with Crippen LogP contribution in [-0.2, 0) is 0 Å². The number of aromatic nitrogens is 1. The highest BCUT2D eigenvalue weighted by Gasteiger charge is 2.32. The molecule has 1 N–H and O–H groups in total. The highest BCUT2D eigenvalue weighted by molar-refractivity contribution is 5.97. The Bertz CT molecular complexity index is 421. The van der Waals surface area contributed by atoms with Crippen molar-refractivity contribution in [2.75, 3.05) is 26.2 Å². The van der Waals surface area contributed by atoms with Crippen LogP contribution < -0.4 is 10.1 Å². The molecule has 0 aliphatic carbocycles. The van der Waals surface area contributed by atoms with Crippen molar-refractivity contribution in [1.82, 2.24) is 15.2 Å². The maximum atomic E-state index is 12.2. The van der Waals surface area contributed by atoms with Gasteiger partial charge in [-0.3, -0.25) is 9.78 Å². The van der Waals surface area contributed by atoms with Crippen molar-refractivity contribution in [3.63, 3.8) is 0 Å². The van der Waals surface area contributed by atoms with Crippen LogP contribution in [0.2, 0.25) is 0 Å². The first-order valence-corrected chi connectivity index (χ1v) is 5.45. The third kappa shape index (κ3) is 1.44. The number of nitrogens with one attached hydrogen (secondary N) is 1. The van der Waals surface area contributed by atoms with Gasteiger partial charge in [-0.05, 0) is 6.07 Å². The van der Waals surface area contributed by atoms with Crippen molar-refractivity contribution < 1.29 is 9.53 Å². The zero-order valence-electron chi connectivity index (χ0n) is 8.85. The third-order valence-electron chi connectivity index (χ3n) is 3.05. The van der Waals surface area contributed by atoms with Crippen LogP contribution in [0.1, 0.15) is 10.4 Å². The first-order valence-electron chi connectivity index (χ1n) is 5.45. The smallest absolute Gasteiger partial charge is 0.259 e. The summed E-state index contributed by atoms with van der Waals surface area (Å²) in [6.45, 7) is 2.93. The Balaban J connectivity index is 1.99. The van der Waals surface area contributed by atoms with Crippen molar-refractivity contribution in [2.45, 2.75) is 6.04 Å². The normalized spacial score (nSPS) is 24.1. The summed E-state index contributed by atoms with van der Waals surface area (Å²) in [6.07, 6.45) is 3.23. The van der Waals surface area contributed by atoms with E-state index in [1.54, 1.807) is 18.5 Å². The van der Waals surface area contributed by atoms with E-state index in [2.05, 4.69) is 10.3 Å². The SMILES string of the molecule is O=C1c2cnccc2OCC2CNCCN12. The molecule has 1 saturated heterocycles. The first-order chi connectivity index (χ1) is 7.86. The number of rotatable bonds is 0. The minimum atomic E-state index is 0.0344. The quantitative estimate of drug-likeness (QED) is 0.661. The number of hydrogen-bond donors (Lipinski definition) is 1. The molecule has 1 atom stereocenters. The Morgan fingerprint density at radius 1 is 1.56 bits per heavy atom. The molecule has 2 aliphatic heterocycles. The van der Waals surface area contributed by atoms with Crippen LogP contribution in [0.25, 0.3) is 0 Å². The fourth-order valence-corrected chi connectivity index (χ4v) is 2.19. The van der Waals surface area contributed by atoms with Gasteiger partial charge in [-0.1, -0.05) is 0 Å². The molecule has 5 heteroatoms. The average molecular weight is 219 g/mol. The molecule has 0 bridgehead atoms. The van der Waals surface area contributed by atoms with Crippen molar-refractivity contribution in [2.24, 2.45) is 0 Å². The molecule has 0 aromatic carbocycles. The van der Waals surface area contributed by atoms with Crippen LogP contribution in [0.4, 0.5) is 0 Å². The molecule has 1 unspecified atom stereocenters. The lowest BCUT2D eigenvalue weighted by molar-refractivity contribution is 0.0606. The van der Waals surface area contributed by atoms with Crippen LogP contribution in [0.5, 0.6) is 5.75 Å². The number of ether oxygens (including phenoxy) is 1. The number of amides is 1. The molecule has 1 amide bonds. The molecule has 5 nitrogen and oxygen atoms in total. The first kappa shape index (κ1) is 9.59. The maximum Gasteiger partial charge on any atom is 0.259 e. The lowest BCUT2D eigenvalue weighted by Gasteiger charge is -2.33. The Morgan fingerprint density at radius 2 is 2.50 bits per heavy atom. The van der Waals surface area contributed by atoms with Gasteiger partial charge in [0.1, 0.15) is 12.4 Å². The van der Waals surface area contributed by atoms with Crippen LogP contribution in [0.3, 0.4) is 0 Å². The Labute approximate surface area is 93.4 Å². The van der Waals surface area contributed by atoms with Gasteiger partial charge in [0, 0.05) is 32.0 Å². The summed E-state index contributed by atoms with van der Waals surface area (Å²) in [4.78, 5) is 18.1. The molecule has 1 fully saturated rings. The van der Waals surface area contributed by atoms with Gasteiger partial charge in [0.25, 0.3) is 5.91 Å². The number of fused-ring (bicyclic) bond motifs is 2. The van der Waals surface area contributed by atoms with E-state index in [1.165, 1.54) is 0 Å². The summed E-state index contributed by atoms with van der Waals surface area (Å²) in [7, 11) is 0. The van der Waals surface area contributed by atoms with Gasteiger partial charge in [-0.2, -0.15) is 0 Å². The molecule has 84 valence electrons. The van der Waals surface area contributed by atoms with Gasteiger partial charge in [0.2, 0.25) is 0 Å². The van der Waals surface area contributed by atoms with Crippen molar-refractivity contribution in [3.8, 4) is 5.75 Å². The van der Waals surface area contributed by atoms with E-state index in [1.807, 2.05) is 4.90 Å². The molecule has 1 aromatic heterocycles. The second-order valence-electron chi connectivity index (χ2n) is 4.04. The van der Waals surface area contributed by atoms with Gasteiger partial charge in [0.05, 0.1) is 11.6 Å². The lowest BCUT2D eigenvalue weighted by Crippen LogP contribution is -2.54. The van der Waals surface area contributed by atoms with Gasteiger partial charge in [-0.25, -0.2) is 0 Å². The number of carbonyl (C=O) groups is 1. The molecule has 1 aromatic rings. The maximum absolute atomic E-state index is 12.2. The highest BCUT2D eigenvalue weighted by atomic mass is 16.5. The summed E-state index contributed by atoms with van der Waals surface area (Å²) in [5, 5.41) is 3.27. The topological polar surface area (TPSA) is 54.5 Å². The molecule has 3 heterocycles. The molecule has 16 heavy (non-hydrogen) atoms. The number of hydrogen-bond acceptors (Lipinski definition) is 4. The highest BCUT2D eigenvalue weighted by Crippen LogP contribution is 2.24. The summed E-state index contributed by atoms with van der Waals surface area (Å²) in [5.74, 6) is 0.682. The third-order valence-corrected chi connectivity index (χ3v) is 3.05. The molecule has 0 saturated carbocycles. The molecular weight excluding hydrogens is 206 g/mol. The molecule has 0 spiro atoms. The standard InChI is InChI=1S/C11H13N3O2/c15-11-9-6-12-2-1-10(9)16-7-8-5-13-3-4-14(8)11/h1-2,6,8,13H,3-5,7H2. The number of carbonyl (C=O) groups excluding carboxylic acids is 1. The van der Waals surface area contributed by atoms with E-state index >= 15 is 0 Å². The number of nitrogens with zero attached hydrogens (tertiary/aromatic N) is 2. The predicted octanol–water partition coefficient (Wildman–Crippen LogP) is -0.112. The van der Waals surface area contributed by atoms with E-state index in [9.17, 15) is 4.79 Å². The molecule has 3 rings (SSSR count). The van der Waals surface area contributed by atoms with Crippen LogP contribution in [0, 0.1) is 0 Å².